The lowest BCUT2D eigenvalue weighted by Gasteiger charge is -2.06. The van der Waals surface area contributed by atoms with Gasteiger partial charge in [-0.1, -0.05) is 43.7 Å². The number of nitrogens with zero attached hydrogens (tertiary/aromatic N) is 3. The standard InChI is InChI=1S/C18H20N4O/c1-12(2)17-20-18-15(5-4-10-22(18)21-17)19-16(23)11-14-8-6-13(3)7-9-14/h4-10,12H,11H2,1-3H3,(H,19,23). The molecule has 0 aliphatic rings. The van der Waals surface area contributed by atoms with E-state index in [1.54, 1.807) is 4.52 Å². The second-order valence-electron chi connectivity index (χ2n) is 6.03. The van der Waals surface area contributed by atoms with Gasteiger partial charge in [0.15, 0.2) is 11.5 Å². The van der Waals surface area contributed by atoms with Gasteiger partial charge in [0, 0.05) is 12.1 Å². The molecule has 1 aromatic carbocycles. The van der Waals surface area contributed by atoms with Crippen LogP contribution in [-0.2, 0) is 11.2 Å². The molecule has 0 saturated heterocycles. The number of rotatable bonds is 4. The monoisotopic (exact) mass is 308 g/mol. The average Bonchev–Trinajstić information content (AvgIpc) is 2.95. The molecule has 0 aliphatic carbocycles. The van der Waals surface area contributed by atoms with Crippen LogP contribution in [0.25, 0.3) is 5.65 Å². The first kappa shape index (κ1) is 15.2. The van der Waals surface area contributed by atoms with Crippen LogP contribution in [0.5, 0.6) is 0 Å². The summed E-state index contributed by atoms with van der Waals surface area (Å²) < 4.78 is 1.71. The molecular formula is C18H20N4O. The van der Waals surface area contributed by atoms with E-state index in [1.807, 2.05) is 63.4 Å². The number of amides is 1. The highest BCUT2D eigenvalue weighted by atomic mass is 16.1. The molecule has 0 aliphatic heterocycles. The van der Waals surface area contributed by atoms with Crippen molar-refractivity contribution in [2.75, 3.05) is 5.32 Å². The van der Waals surface area contributed by atoms with E-state index in [4.69, 9.17) is 0 Å². The molecule has 23 heavy (non-hydrogen) atoms. The number of fused-ring (bicyclic) bond motifs is 1. The van der Waals surface area contributed by atoms with Gasteiger partial charge in [0.2, 0.25) is 5.91 Å². The van der Waals surface area contributed by atoms with Crippen molar-refractivity contribution >= 4 is 17.2 Å². The smallest absolute Gasteiger partial charge is 0.228 e. The quantitative estimate of drug-likeness (QED) is 0.804. The summed E-state index contributed by atoms with van der Waals surface area (Å²) in [5.74, 6) is 0.951. The van der Waals surface area contributed by atoms with E-state index in [0.29, 0.717) is 17.8 Å². The Kier molecular flexibility index (Phi) is 4.10. The third-order valence-corrected chi connectivity index (χ3v) is 3.65. The highest BCUT2D eigenvalue weighted by Crippen LogP contribution is 2.18. The van der Waals surface area contributed by atoms with Gasteiger partial charge in [-0.3, -0.25) is 4.79 Å². The van der Waals surface area contributed by atoms with Crippen molar-refractivity contribution in [2.24, 2.45) is 0 Å². The number of nitrogens with one attached hydrogen (secondary N) is 1. The summed E-state index contributed by atoms with van der Waals surface area (Å²) in [7, 11) is 0. The van der Waals surface area contributed by atoms with Crippen LogP contribution in [0, 0.1) is 6.92 Å². The van der Waals surface area contributed by atoms with Crippen LogP contribution in [-0.4, -0.2) is 20.5 Å². The predicted molar refractivity (Wildman–Crippen MR) is 90.6 cm³/mol. The SMILES string of the molecule is Cc1ccc(CC(=O)Nc2cccn3nc(C(C)C)nc23)cc1. The maximum absolute atomic E-state index is 12.3. The number of carbonyl (C=O) groups is 1. The third-order valence-electron chi connectivity index (χ3n) is 3.65. The number of benzene rings is 1. The Morgan fingerprint density at radius 2 is 1.96 bits per heavy atom. The molecule has 1 amide bonds. The summed E-state index contributed by atoms with van der Waals surface area (Å²) in [5, 5.41) is 7.37. The molecule has 1 N–H and O–H groups in total. The molecule has 5 heteroatoms. The number of anilines is 1. The van der Waals surface area contributed by atoms with E-state index >= 15 is 0 Å². The molecule has 5 nitrogen and oxygen atoms in total. The summed E-state index contributed by atoms with van der Waals surface area (Å²) >= 11 is 0. The van der Waals surface area contributed by atoms with Crippen molar-refractivity contribution in [2.45, 2.75) is 33.1 Å². The summed E-state index contributed by atoms with van der Waals surface area (Å²) in [6.45, 7) is 6.12. The Bertz CT molecular complexity index is 834. The lowest BCUT2D eigenvalue weighted by atomic mass is 10.1. The van der Waals surface area contributed by atoms with Crippen LogP contribution in [0.2, 0.25) is 0 Å². The summed E-state index contributed by atoms with van der Waals surface area (Å²) in [6.07, 6.45) is 2.18. The largest absolute Gasteiger partial charge is 0.323 e. The van der Waals surface area contributed by atoms with Crippen LogP contribution < -0.4 is 5.32 Å². The molecule has 0 radical (unpaired) electrons. The summed E-state index contributed by atoms with van der Waals surface area (Å²) in [6, 6.07) is 11.7. The zero-order chi connectivity index (χ0) is 16.4. The Hall–Kier alpha value is -2.69. The maximum Gasteiger partial charge on any atom is 0.228 e. The molecule has 0 unspecified atom stereocenters. The van der Waals surface area contributed by atoms with Crippen LogP contribution in [0.4, 0.5) is 5.69 Å². The van der Waals surface area contributed by atoms with E-state index in [2.05, 4.69) is 15.4 Å². The molecule has 2 aromatic heterocycles. The second-order valence-corrected chi connectivity index (χ2v) is 6.03. The Morgan fingerprint density at radius 1 is 1.22 bits per heavy atom. The predicted octanol–water partition coefficient (Wildman–Crippen LogP) is 3.34. The van der Waals surface area contributed by atoms with Crippen LogP contribution in [0.1, 0.15) is 36.7 Å². The van der Waals surface area contributed by atoms with Gasteiger partial charge in [0.05, 0.1) is 12.1 Å². The van der Waals surface area contributed by atoms with Gasteiger partial charge in [-0.15, -0.1) is 0 Å². The highest BCUT2D eigenvalue weighted by molar-refractivity contribution is 5.95. The Labute approximate surface area is 135 Å². The highest BCUT2D eigenvalue weighted by Gasteiger charge is 2.12. The molecule has 118 valence electrons. The van der Waals surface area contributed by atoms with Crippen molar-refractivity contribution < 1.29 is 4.79 Å². The van der Waals surface area contributed by atoms with Gasteiger partial charge in [0.25, 0.3) is 0 Å². The van der Waals surface area contributed by atoms with E-state index in [9.17, 15) is 4.79 Å². The minimum atomic E-state index is -0.0592. The first-order chi connectivity index (χ1) is 11.0. The van der Waals surface area contributed by atoms with E-state index < -0.39 is 0 Å². The van der Waals surface area contributed by atoms with E-state index in [-0.39, 0.29) is 11.8 Å². The minimum absolute atomic E-state index is 0.0592. The minimum Gasteiger partial charge on any atom is -0.323 e. The van der Waals surface area contributed by atoms with Crippen LogP contribution in [0.15, 0.2) is 42.6 Å². The maximum atomic E-state index is 12.3. The lowest BCUT2D eigenvalue weighted by molar-refractivity contribution is -0.115. The number of aryl methyl sites for hydroxylation is 1. The second kappa shape index (κ2) is 6.20. The van der Waals surface area contributed by atoms with E-state index in [0.717, 1.165) is 11.4 Å². The number of pyridine rings is 1. The third kappa shape index (κ3) is 3.39. The van der Waals surface area contributed by atoms with Crippen LogP contribution >= 0.6 is 0 Å². The number of hydrogen-bond donors (Lipinski definition) is 1. The van der Waals surface area contributed by atoms with E-state index in [1.165, 1.54) is 5.56 Å². The molecule has 2 heterocycles. The van der Waals surface area contributed by atoms with Gasteiger partial charge in [-0.25, -0.2) is 9.50 Å². The first-order valence-electron chi connectivity index (χ1n) is 7.73. The average molecular weight is 308 g/mol. The molecule has 0 spiro atoms. The number of aromatic nitrogens is 3. The summed E-state index contributed by atoms with van der Waals surface area (Å²) in [4.78, 5) is 16.8. The molecule has 3 aromatic rings. The number of carbonyl (C=O) groups excluding carboxylic acids is 1. The first-order valence-corrected chi connectivity index (χ1v) is 7.73. The fourth-order valence-electron chi connectivity index (χ4n) is 2.35. The fraction of sp³-hybridized carbons (Fsp3) is 0.278. The molecule has 0 fully saturated rings. The van der Waals surface area contributed by atoms with Crippen molar-refractivity contribution in [3.63, 3.8) is 0 Å². The van der Waals surface area contributed by atoms with Crippen molar-refractivity contribution in [3.8, 4) is 0 Å². The van der Waals surface area contributed by atoms with Crippen LogP contribution in [0.3, 0.4) is 0 Å². The van der Waals surface area contributed by atoms with Gasteiger partial charge in [-0.2, -0.15) is 5.10 Å². The topological polar surface area (TPSA) is 59.3 Å². The van der Waals surface area contributed by atoms with Gasteiger partial charge in [-0.05, 0) is 24.6 Å². The molecule has 0 saturated carbocycles. The van der Waals surface area contributed by atoms with Gasteiger partial charge in [0.1, 0.15) is 0 Å². The van der Waals surface area contributed by atoms with Crippen molar-refractivity contribution in [3.05, 3.63) is 59.5 Å². The molecular weight excluding hydrogens is 288 g/mol. The molecule has 0 atom stereocenters. The number of hydrogen-bond acceptors (Lipinski definition) is 3. The van der Waals surface area contributed by atoms with Crippen molar-refractivity contribution in [1.29, 1.82) is 0 Å². The van der Waals surface area contributed by atoms with Gasteiger partial charge >= 0.3 is 0 Å². The summed E-state index contributed by atoms with van der Waals surface area (Å²) in [5.41, 5.74) is 3.53. The Morgan fingerprint density at radius 3 is 2.65 bits per heavy atom. The lowest BCUT2D eigenvalue weighted by Crippen LogP contribution is -2.15. The fourth-order valence-corrected chi connectivity index (χ4v) is 2.35. The normalized spacial score (nSPS) is 11.1. The molecule has 3 rings (SSSR count). The van der Waals surface area contributed by atoms with Crippen molar-refractivity contribution in [1.82, 2.24) is 14.6 Å². The Balaban J connectivity index is 1.80. The van der Waals surface area contributed by atoms with Gasteiger partial charge < -0.3 is 5.32 Å². The zero-order valence-corrected chi connectivity index (χ0v) is 13.6. The zero-order valence-electron chi connectivity index (χ0n) is 13.6. The molecule has 0 bridgehead atoms.